The zero-order chi connectivity index (χ0) is 18.7. The Morgan fingerprint density at radius 2 is 1.73 bits per heavy atom. The Balaban J connectivity index is 1.74. The molecule has 1 unspecified atom stereocenters. The van der Waals surface area contributed by atoms with Crippen LogP contribution in [0.25, 0.3) is 0 Å². The molecule has 1 aromatic heterocycles. The monoisotopic (exact) mass is 362 g/mol. The molecule has 6 heteroatoms. The molecule has 3 rings (SSSR count). The Labute approximate surface area is 159 Å². The first kappa shape index (κ1) is 19.7. The van der Waals surface area contributed by atoms with Crippen LogP contribution in [0.15, 0.2) is 0 Å². The van der Waals surface area contributed by atoms with E-state index in [0.29, 0.717) is 12.0 Å². The zero-order valence-corrected chi connectivity index (χ0v) is 17.5. The number of hydrogen-bond acceptors (Lipinski definition) is 5. The SMILES string of the molecule is CCC(C)(C)n1nnnc1C(CC(C)C)N1CCN(C2CCCC2)CC1. The number of nitrogens with zero attached hydrogens (tertiary/aromatic N) is 6. The zero-order valence-electron chi connectivity index (χ0n) is 17.5. The molecule has 0 spiro atoms. The van der Waals surface area contributed by atoms with Gasteiger partial charge in [-0.1, -0.05) is 33.6 Å². The van der Waals surface area contributed by atoms with Crippen LogP contribution in [0.1, 0.15) is 85.0 Å². The van der Waals surface area contributed by atoms with Crippen LogP contribution in [-0.4, -0.2) is 62.2 Å². The predicted octanol–water partition coefficient (Wildman–Crippen LogP) is 3.47. The van der Waals surface area contributed by atoms with Gasteiger partial charge in [-0.3, -0.25) is 9.80 Å². The van der Waals surface area contributed by atoms with Crippen LogP contribution >= 0.6 is 0 Å². The van der Waals surface area contributed by atoms with Crippen LogP contribution in [0.3, 0.4) is 0 Å². The van der Waals surface area contributed by atoms with Gasteiger partial charge < -0.3 is 0 Å². The molecular formula is C20H38N6. The minimum absolute atomic E-state index is 0.0419. The lowest BCUT2D eigenvalue weighted by Crippen LogP contribution is -2.51. The minimum atomic E-state index is -0.0419. The summed E-state index contributed by atoms with van der Waals surface area (Å²) in [5.41, 5.74) is -0.0419. The van der Waals surface area contributed by atoms with Crippen molar-refractivity contribution < 1.29 is 0 Å². The van der Waals surface area contributed by atoms with E-state index in [1.807, 2.05) is 0 Å². The number of piperazine rings is 1. The summed E-state index contributed by atoms with van der Waals surface area (Å²) >= 11 is 0. The van der Waals surface area contributed by atoms with E-state index in [9.17, 15) is 0 Å². The molecule has 1 saturated heterocycles. The summed E-state index contributed by atoms with van der Waals surface area (Å²) in [5.74, 6) is 1.68. The van der Waals surface area contributed by atoms with Crippen molar-refractivity contribution in [3.05, 3.63) is 5.82 Å². The first-order chi connectivity index (χ1) is 12.4. The molecule has 1 saturated carbocycles. The van der Waals surface area contributed by atoms with Crippen molar-refractivity contribution >= 4 is 0 Å². The quantitative estimate of drug-likeness (QED) is 0.743. The second-order valence-electron chi connectivity index (χ2n) is 9.27. The summed E-state index contributed by atoms with van der Waals surface area (Å²) in [4.78, 5) is 5.37. The van der Waals surface area contributed by atoms with Crippen molar-refractivity contribution in [1.29, 1.82) is 0 Å². The first-order valence-corrected chi connectivity index (χ1v) is 10.7. The molecule has 2 heterocycles. The summed E-state index contributed by atoms with van der Waals surface area (Å²) < 4.78 is 2.09. The van der Waals surface area contributed by atoms with Crippen LogP contribution in [0, 0.1) is 5.92 Å². The van der Waals surface area contributed by atoms with E-state index in [1.54, 1.807) is 0 Å². The minimum Gasteiger partial charge on any atom is -0.298 e. The average Bonchev–Trinajstić information content (AvgIpc) is 3.31. The fourth-order valence-electron chi connectivity index (χ4n) is 4.53. The highest BCUT2D eigenvalue weighted by Crippen LogP contribution is 2.32. The topological polar surface area (TPSA) is 50.1 Å². The van der Waals surface area contributed by atoms with Crippen LogP contribution in [0.4, 0.5) is 0 Å². The molecule has 1 atom stereocenters. The Bertz CT molecular complexity index is 552. The highest BCUT2D eigenvalue weighted by atomic mass is 15.6. The Hall–Kier alpha value is -1.01. The van der Waals surface area contributed by atoms with Crippen molar-refractivity contribution in [2.24, 2.45) is 5.92 Å². The fraction of sp³-hybridized carbons (Fsp3) is 0.950. The smallest absolute Gasteiger partial charge is 0.168 e. The third-order valence-electron chi connectivity index (χ3n) is 6.56. The van der Waals surface area contributed by atoms with Gasteiger partial charge in [0.2, 0.25) is 0 Å². The van der Waals surface area contributed by atoms with Crippen molar-refractivity contribution in [2.75, 3.05) is 26.2 Å². The average molecular weight is 363 g/mol. The van der Waals surface area contributed by atoms with E-state index in [0.717, 1.165) is 37.8 Å². The van der Waals surface area contributed by atoms with Gasteiger partial charge in [0, 0.05) is 32.2 Å². The third kappa shape index (κ3) is 4.28. The molecule has 0 radical (unpaired) electrons. The van der Waals surface area contributed by atoms with Gasteiger partial charge in [0.15, 0.2) is 5.82 Å². The van der Waals surface area contributed by atoms with Gasteiger partial charge in [-0.15, -0.1) is 5.10 Å². The number of aromatic nitrogens is 4. The second-order valence-corrected chi connectivity index (χ2v) is 9.27. The summed E-state index contributed by atoms with van der Waals surface area (Å²) in [6.45, 7) is 15.9. The molecule has 1 aromatic rings. The van der Waals surface area contributed by atoms with E-state index in [2.05, 4.69) is 64.6 Å². The molecule has 0 bridgehead atoms. The number of tetrazole rings is 1. The van der Waals surface area contributed by atoms with E-state index in [4.69, 9.17) is 0 Å². The summed E-state index contributed by atoms with van der Waals surface area (Å²) in [7, 11) is 0. The molecule has 6 nitrogen and oxygen atoms in total. The molecule has 26 heavy (non-hydrogen) atoms. The van der Waals surface area contributed by atoms with Crippen LogP contribution in [-0.2, 0) is 5.54 Å². The number of rotatable bonds is 7. The molecule has 2 fully saturated rings. The normalized spacial score (nSPS) is 22.4. The molecular weight excluding hydrogens is 324 g/mol. The second kappa shape index (κ2) is 8.34. The van der Waals surface area contributed by atoms with Gasteiger partial charge in [0.1, 0.15) is 0 Å². The Kier molecular flexibility index (Phi) is 6.33. The van der Waals surface area contributed by atoms with Crippen LogP contribution in [0.2, 0.25) is 0 Å². The maximum atomic E-state index is 4.50. The molecule has 1 aliphatic carbocycles. The maximum absolute atomic E-state index is 4.50. The fourth-order valence-corrected chi connectivity index (χ4v) is 4.53. The molecule has 1 aliphatic heterocycles. The van der Waals surface area contributed by atoms with Crippen molar-refractivity contribution in [3.8, 4) is 0 Å². The number of hydrogen-bond donors (Lipinski definition) is 0. The van der Waals surface area contributed by atoms with Crippen molar-refractivity contribution in [2.45, 2.75) is 90.8 Å². The first-order valence-electron chi connectivity index (χ1n) is 10.7. The predicted molar refractivity (Wildman–Crippen MR) is 105 cm³/mol. The lowest BCUT2D eigenvalue weighted by molar-refractivity contribution is 0.0564. The maximum Gasteiger partial charge on any atom is 0.168 e. The highest BCUT2D eigenvalue weighted by Gasteiger charge is 2.34. The molecule has 2 aliphatic rings. The van der Waals surface area contributed by atoms with Crippen molar-refractivity contribution in [3.63, 3.8) is 0 Å². The van der Waals surface area contributed by atoms with E-state index < -0.39 is 0 Å². The third-order valence-corrected chi connectivity index (χ3v) is 6.56. The van der Waals surface area contributed by atoms with Gasteiger partial charge in [0.05, 0.1) is 11.6 Å². The summed E-state index contributed by atoms with van der Waals surface area (Å²) in [6.07, 6.45) is 7.78. The molecule has 148 valence electrons. The molecule has 0 amide bonds. The van der Waals surface area contributed by atoms with Gasteiger partial charge in [-0.05, 0) is 55.9 Å². The largest absolute Gasteiger partial charge is 0.298 e. The lowest BCUT2D eigenvalue weighted by Gasteiger charge is -2.42. The highest BCUT2D eigenvalue weighted by molar-refractivity contribution is 4.99. The van der Waals surface area contributed by atoms with Gasteiger partial charge in [-0.2, -0.15) is 0 Å². The van der Waals surface area contributed by atoms with E-state index in [-0.39, 0.29) is 5.54 Å². The van der Waals surface area contributed by atoms with Crippen LogP contribution in [0.5, 0.6) is 0 Å². The van der Waals surface area contributed by atoms with Gasteiger partial charge in [0.25, 0.3) is 0 Å². The van der Waals surface area contributed by atoms with Gasteiger partial charge >= 0.3 is 0 Å². The summed E-state index contributed by atoms with van der Waals surface area (Å²) in [5, 5.41) is 12.9. The summed E-state index contributed by atoms with van der Waals surface area (Å²) in [6, 6.07) is 1.16. The molecule has 0 N–H and O–H groups in total. The lowest BCUT2D eigenvalue weighted by atomic mass is 9.98. The van der Waals surface area contributed by atoms with Gasteiger partial charge in [-0.25, -0.2) is 4.68 Å². The van der Waals surface area contributed by atoms with E-state index >= 15 is 0 Å². The molecule has 0 aromatic carbocycles. The standard InChI is InChI=1S/C20H38N6/c1-6-20(4,5)26-19(21-22-23-26)18(15-16(2)3)25-13-11-24(12-14-25)17-9-7-8-10-17/h16-18H,6-15H2,1-5H3. The Morgan fingerprint density at radius 1 is 1.08 bits per heavy atom. The van der Waals surface area contributed by atoms with Crippen LogP contribution < -0.4 is 0 Å². The van der Waals surface area contributed by atoms with E-state index in [1.165, 1.54) is 38.8 Å². The van der Waals surface area contributed by atoms with Crippen molar-refractivity contribution in [1.82, 2.24) is 30.0 Å². The Morgan fingerprint density at radius 3 is 2.31 bits per heavy atom.